The second-order valence-electron chi connectivity index (χ2n) is 5.36. The lowest BCUT2D eigenvalue weighted by atomic mass is 10.0. The fraction of sp³-hybridized carbons (Fsp3) is 0.857. The van der Waals surface area contributed by atoms with Gasteiger partial charge in [0.05, 0.1) is 0 Å². The summed E-state index contributed by atoms with van der Waals surface area (Å²) in [4.78, 5) is 0. The largest absolute Gasteiger partial charge is 0.316 e. The molecule has 0 aromatic carbocycles. The van der Waals surface area contributed by atoms with Gasteiger partial charge in [-0.25, -0.2) is 0 Å². The van der Waals surface area contributed by atoms with Crippen LogP contribution in [0.2, 0.25) is 0 Å². The van der Waals surface area contributed by atoms with Crippen molar-refractivity contribution in [2.45, 2.75) is 51.5 Å². The highest BCUT2D eigenvalue weighted by atomic mass is 14.9. The summed E-state index contributed by atoms with van der Waals surface area (Å²) in [7, 11) is 0. The number of hydrogen-bond donors (Lipinski definition) is 2. The summed E-state index contributed by atoms with van der Waals surface area (Å²) in [5.41, 5.74) is 1.60. The van der Waals surface area contributed by atoms with E-state index in [0.717, 1.165) is 12.0 Å². The van der Waals surface area contributed by atoms with E-state index in [-0.39, 0.29) is 2.85 Å². The predicted octanol–water partition coefficient (Wildman–Crippen LogP) is 2.96. The standard InChI is InChI=1S/C14H26N2.2H2/c1-12-5-4-6-13(12)11-15-10-8-14-7-2-3-9-16-14;;/h5,13-16H,2-4,6-11H2,1H3;2*1H. The third-order valence-corrected chi connectivity index (χ3v) is 4.10. The van der Waals surface area contributed by atoms with E-state index in [9.17, 15) is 0 Å². The molecule has 1 aliphatic carbocycles. The van der Waals surface area contributed by atoms with E-state index >= 15 is 0 Å². The van der Waals surface area contributed by atoms with E-state index < -0.39 is 0 Å². The molecule has 0 spiro atoms. The minimum absolute atomic E-state index is 0. The second kappa shape index (κ2) is 6.41. The Labute approximate surface area is 103 Å². The lowest BCUT2D eigenvalue weighted by molar-refractivity contribution is 0.372. The molecule has 2 nitrogen and oxygen atoms in total. The van der Waals surface area contributed by atoms with Gasteiger partial charge in [-0.05, 0) is 58.0 Å². The molecule has 2 rings (SSSR count). The van der Waals surface area contributed by atoms with Gasteiger partial charge in [0.25, 0.3) is 0 Å². The van der Waals surface area contributed by atoms with Crippen LogP contribution in [0.3, 0.4) is 0 Å². The first-order chi connectivity index (χ1) is 7.86. The van der Waals surface area contributed by atoms with Gasteiger partial charge in [0.15, 0.2) is 0 Å². The van der Waals surface area contributed by atoms with Gasteiger partial charge >= 0.3 is 0 Å². The molecular formula is C14H30N2. The maximum Gasteiger partial charge on any atom is 0.00791 e. The zero-order chi connectivity index (χ0) is 11.2. The lowest BCUT2D eigenvalue weighted by Gasteiger charge is -2.23. The van der Waals surface area contributed by atoms with Crippen molar-refractivity contribution in [3.05, 3.63) is 11.6 Å². The summed E-state index contributed by atoms with van der Waals surface area (Å²) in [5.74, 6) is 0.819. The van der Waals surface area contributed by atoms with Gasteiger partial charge in [-0.1, -0.05) is 18.1 Å². The summed E-state index contributed by atoms with van der Waals surface area (Å²) in [6, 6.07) is 0.779. The van der Waals surface area contributed by atoms with Crippen molar-refractivity contribution in [2.75, 3.05) is 19.6 Å². The summed E-state index contributed by atoms with van der Waals surface area (Å²) in [5, 5.41) is 7.23. The Balaban J connectivity index is 0.00000144. The van der Waals surface area contributed by atoms with Crippen LogP contribution in [0, 0.1) is 5.92 Å². The molecule has 0 saturated carbocycles. The van der Waals surface area contributed by atoms with Crippen LogP contribution in [0.5, 0.6) is 0 Å². The topological polar surface area (TPSA) is 24.1 Å². The Hall–Kier alpha value is -0.340. The van der Waals surface area contributed by atoms with E-state index in [1.54, 1.807) is 5.57 Å². The average molecular weight is 226 g/mol. The third-order valence-electron chi connectivity index (χ3n) is 4.10. The van der Waals surface area contributed by atoms with E-state index in [4.69, 9.17) is 0 Å². The van der Waals surface area contributed by atoms with Crippen LogP contribution < -0.4 is 10.6 Å². The number of piperidine rings is 1. The molecule has 0 radical (unpaired) electrons. The Bertz CT molecular complexity index is 238. The van der Waals surface area contributed by atoms with Crippen molar-refractivity contribution >= 4 is 0 Å². The van der Waals surface area contributed by atoms with Crippen LogP contribution in [0.4, 0.5) is 0 Å². The van der Waals surface area contributed by atoms with Crippen LogP contribution in [-0.4, -0.2) is 25.7 Å². The zero-order valence-electron chi connectivity index (χ0n) is 10.6. The van der Waals surface area contributed by atoms with Gasteiger partial charge in [0, 0.05) is 15.4 Å². The van der Waals surface area contributed by atoms with Gasteiger partial charge in [0.2, 0.25) is 0 Å². The monoisotopic (exact) mass is 226 g/mol. The number of allylic oxidation sites excluding steroid dienone is 1. The molecule has 0 aromatic heterocycles. The quantitative estimate of drug-likeness (QED) is 0.556. The van der Waals surface area contributed by atoms with Gasteiger partial charge in [-0.3, -0.25) is 0 Å². The SMILES string of the molecule is CC1=CCCC1CNCCC1CCCCN1.[HH].[HH]. The smallest absolute Gasteiger partial charge is 0.00791 e. The highest BCUT2D eigenvalue weighted by molar-refractivity contribution is 5.09. The van der Waals surface area contributed by atoms with Crippen molar-refractivity contribution in [3.63, 3.8) is 0 Å². The van der Waals surface area contributed by atoms with Crippen molar-refractivity contribution in [2.24, 2.45) is 5.92 Å². The van der Waals surface area contributed by atoms with Crippen molar-refractivity contribution < 1.29 is 2.85 Å². The van der Waals surface area contributed by atoms with Crippen LogP contribution in [-0.2, 0) is 0 Å². The van der Waals surface area contributed by atoms with Crippen molar-refractivity contribution in [1.29, 1.82) is 0 Å². The molecule has 0 amide bonds. The van der Waals surface area contributed by atoms with E-state index in [1.807, 2.05) is 0 Å². The molecule has 2 heteroatoms. The minimum Gasteiger partial charge on any atom is -0.316 e. The van der Waals surface area contributed by atoms with E-state index in [0.29, 0.717) is 0 Å². The summed E-state index contributed by atoms with van der Waals surface area (Å²) < 4.78 is 0. The highest BCUT2D eigenvalue weighted by Gasteiger charge is 2.15. The molecule has 96 valence electrons. The number of nitrogens with one attached hydrogen (secondary N) is 2. The van der Waals surface area contributed by atoms with Crippen LogP contribution >= 0.6 is 0 Å². The molecule has 1 saturated heterocycles. The molecule has 2 aliphatic rings. The normalized spacial score (nSPS) is 30.4. The van der Waals surface area contributed by atoms with Crippen LogP contribution in [0.15, 0.2) is 11.6 Å². The summed E-state index contributed by atoms with van der Waals surface area (Å²) in [6.45, 7) is 5.88. The van der Waals surface area contributed by atoms with Gasteiger partial charge < -0.3 is 10.6 Å². The van der Waals surface area contributed by atoms with E-state index in [1.165, 1.54) is 58.2 Å². The molecule has 16 heavy (non-hydrogen) atoms. The van der Waals surface area contributed by atoms with Gasteiger partial charge in [-0.2, -0.15) is 0 Å². The lowest BCUT2D eigenvalue weighted by Crippen LogP contribution is -2.37. The average Bonchev–Trinajstić information content (AvgIpc) is 2.72. The molecule has 1 aliphatic heterocycles. The molecule has 2 atom stereocenters. The summed E-state index contributed by atoms with van der Waals surface area (Å²) in [6.07, 6.45) is 10.5. The van der Waals surface area contributed by atoms with Crippen molar-refractivity contribution in [1.82, 2.24) is 10.6 Å². The highest BCUT2D eigenvalue weighted by Crippen LogP contribution is 2.24. The Kier molecular flexibility index (Phi) is 4.86. The molecule has 2 unspecified atom stereocenters. The van der Waals surface area contributed by atoms with Crippen molar-refractivity contribution in [3.8, 4) is 0 Å². The molecule has 0 bridgehead atoms. The Morgan fingerprint density at radius 2 is 2.38 bits per heavy atom. The fourth-order valence-corrected chi connectivity index (χ4v) is 2.89. The third kappa shape index (κ3) is 3.60. The zero-order valence-corrected chi connectivity index (χ0v) is 10.6. The Morgan fingerprint density at radius 1 is 1.44 bits per heavy atom. The van der Waals surface area contributed by atoms with Gasteiger partial charge in [0.1, 0.15) is 0 Å². The molecule has 1 heterocycles. The number of rotatable bonds is 5. The molecular weight excluding hydrogens is 196 g/mol. The van der Waals surface area contributed by atoms with E-state index in [2.05, 4.69) is 23.6 Å². The first-order valence-corrected chi connectivity index (χ1v) is 6.97. The predicted molar refractivity (Wildman–Crippen MR) is 73.8 cm³/mol. The van der Waals surface area contributed by atoms with Gasteiger partial charge in [-0.15, -0.1) is 0 Å². The second-order valence-corrected chi connectivity index (χ2v) is 5.36. The van der Waals surface area contributed by atoms with Crippen LogP contribution in [0.1, 0.15) is 48.3 Å². The maximum atomic E-state index is 3.62. The minimum atomic E-state index is 0. The molecule has 1 fully saturated rings. The Morgan fingerprint density at radius 3 is 3.06 bits per heavy atom. The molecule has 0 aromatic rings. The first kappa shape index (κ1) is 12.1. The number of hydrogen-bond acceptors (Lipinski definition) is 2. The van der Waals surface area contributed by atoms with Crippen LogP contribution in [0.25, 0.3) is 0 Å². The maximum absolute atomic E-state index is 3.62. The fourth-order valence-electron chi connectivity index (χ4n) is 2.89. The summed E-state index contributed by atoms with van der Waals surface area (Å²) >= 11 is 0. The molecule has 2 N–H and O–H groups in total. The first-order valence-electron chi connectivity index (χ1n) is 6.97.